The first-order valence-corrected chi connectivity index (χ1v) is 9.17. The van der Waals surface area contributed by atoms with Crippen LogP contribution in [0.1, 0.15) is 10.4 Å². The van der Waals surface area contributed by atoms with Gasteiger partial charge in [0.15, 0.2) is 5.82 Å². The molecule has 0 fully saturated rings. The number of nitrogens with one attached hydrogen (secondary N) is 3. The highest BCUT2D eigenvalue weighted by atomic mass is 32.2. The Morgan fingerprint density at radius 1 is 1.42 bits per heavy atom. The number of amides is 1. The van der Waals surface area contributed by atoms with Crippen molar-refractivity contribution in [1.82, 2.24) is 14.7 Å². The lowest BCUT2D eigenvalue weighted by Crippen LogP contribution is -2.53. The minimum Gasteiger partial charge on any atom is -0.369 e. The van der Waals surface area contributed by atoms with E-state index in [2.05, 4.69) is 20.0 Å². The van der Waals surface area contributed by atoms with Crippen LogP contribution in [-0.4, -0.2) is 48.9 Å². The summed E-state index contributed by atoms with van der Waals surface area (Å²) >= 11 is 1.26. The molecule has 1 amide bonds. The highest BCUT2D eigenvalue weighted by molar-refractivity contribution is 7.97. The topological polar surface area (TPSA) is 119 Å². The fourth-order valence-corrected chi connectivity index (χ4v) is 3.28. The van der Waals surface area contributed by atoms with Gasteiger partial charge >= 0.3 is 0 Å². The normalized spacial score (nSPS) is 15.8. The number of nitrogens with two attached hydrogens (primary N) is 1. The molecule has 0 saturated carbocycles. The third-order valence-corrected chi connectivity index (χ3v) is 4.73. The molecule has 9 nitrogen and oxygen atoms in total. The number of fused-ring (bicyclic) bond motifs is 1. The third-order valence-electron chi connectivity index (χ3n) is 4.34. The predicted molar refractivity (Wildman–Crippen MR) is 106 cm³/mol. The molecule has 1 aliphatic heterocycles. The van der Waals surface area contributed by atoms with Gasteiger partial charge in [-0.05, 0) is 24.3 Å². The average Bonchev–Trinajstić information content (AvgIpc) is 2.61. The Morgan fingerprint density at radius 3 is 2.77 bits per heavy atom. The van der Waals surface area contributed by atoms with Crippen LogP contribution in [-0.2, 0) is 0 Å². The summed E-state index contributed by atoms with van der Waals surface area (Å²) in [4.78, 5) is 34.7. The number of rotatable bonds is 4. The second-order valence-electron chi connectivity index (χ2n) is 5.91. The van der Waals surface area contributed by atoms with E-state index >= 15 is 0 Å². The molecule has 1 aromatic carbocycles. The molecule has 1 atom stereocenters. The number of benzene rings is 1. The molecule has 2 heterocycles. The maximum Gasteiger partial charge on any atom is 0.278 e. The van der Waals surface area contributed by atoms with Crippen LogP contribution in [0.15, 0.2) is 29.1 Å². The molecule has 3 rings (SSSR count). The standard InChI is InChI=1S/C16H21N7O2S/c1-22(10-6-4-9(5-7-10)14(24)21-26-3)11-8-18-13-12(23(11)2)15(25)20-16(17)19-13/h4-7,11H,8H2,1-3H3,(H,21,24)(H4,17,18,19,20,25). The minimum atomic E-state index is -0.287. The van der Waals surface area contributed by atoms with Gasteiger partial charge in [-0.2, -0.15) is 4.98 Å². The molecule has 0 spiro atoms. The summed E-state index contributed by atoms with van der Waals surface area (Å²) in [6.45, 7) is 0.560. The summed E-state index contributed by atoms with van der Waals surface area (Å²) in [5.41, 5.74) is 7.27. The SMILES string of the molecule is CSNC(=O)c1ccc(N(C)C2CNc3nc(N)[nH]c(=O)c3N2C)cc1. The van der Waals surface area contributed by atoms with Crippen molar-refractivity contribution in [2.45, 2.75) is 6.17 Å². The number of likely N-dealkylation sites (N-methyl/N-ethyl adjacent to an activating group) is 2. The van der Waals surface area contributed by atoms with Crippen LogP contribution in [0.3, 0.4) is 0 Å². The molecule has 0 aliphatic carbocycles. The van der Waals surface area contributed by atoms with Gasteiger partial charge in [0.1, 0.15) is 11.9 Å². The lowest BCUT2D eigenvalue weighted by molar-refractivity contribution is 0.0984. The molecule has 10 heteroatoms. The first-order valence-electron chi connectivity index (χ1n) is 7.95. The zero-order valence-corrected chi connectivity index (χ0v) is 15.6. The number of nitrogen functional groups attached to an aromatic ring is 1. The van der Waals surface area contributed by atoms with Gasteiger partial charge in [0.05, 0.1) is 6.54 Å². The molecule has 138 valence electrons. The number of nitrogens with zero attached hydrogens (tertiary/aromatic N) is 3. The van der Waals surface area contributed by atoms with Gasteiger partial charge in [0.2, 0.25) is 5.95 Å². The van der Waals surface area contributed by atoms with E-state index in [1.165, 1.54) is 11.9 Å². The van der Waals surface area contributed by atoms with E-state index < -0.39 is 0 Å². The molecule has 26 heavy (non-hydrogen) atoms. The van der Waals surface area contributed by atoms with Crippen molar-refractivity contribution in [2.75, 3.05) is 47.7 Å². The second-order valence-corrected chi connectivity index (χ2v) is 6.53. The van der Waals surface area contributed by atoms with Crippen LogP contribution in [0, 0.1) is 0 Å². The number of carbonyl (C=O) groups is 1. The maximum atomic E-state index is 12.3. The van der Waals surface area contributed by atoms with Gasteiger partial charge in [0.25, 0.3) is 11.5 Å². The second kappa shape index (κ2) is 7.16. The number of anilines is 4. The summed E-state index contributed by atoms with van der Waals surface area (Å²) in [6.07, 6.45) is 1.69. The number of aromatic amines is 1. The first-order chi connectivity index (χ1) is 12.4. The van der Waals surface area contributed by atoms with Gasteiger partial charge < -0.3 is 20.9 Å². The Balaban J connectivity index is 1.83. The van der Waals surface area contributed by atoms with Crippen LogP contribution < -0.4 is 31.1 Å². The Hall–Kier alpha value is -2.88. The summed E-state index contributed by atoms with van der Waals surface area (Å²) < 4.78 is 2.69. The van der Waals surface area contributed by atoms with E-state index in [-0.39, 0.29) is 23.6 Å². The van der Waals surface area contributed by atoms with Crippen molar-refractivity contribution >= 4 is 41.0 Å². The minimum absolute atomic E-state index is 0.0839. The van der Waals surface area contributed by atoms with E-state index in [1.54, 1.807) is 18.4 Å². The van der Waals surface area contributed by atoms with E-state index in [9.17, 15) is 9.59 Å². The molecule has 1 unspecified atom stereocenters. The van der Waals surface area contributed by atoms with E-state index in [4.69, 9.17) is 5.73 Å². The van der Waals surface area contributed by atoms with E-state index in [1.807, 2.05) is 36.0 Å². The summed E-state index contributed by atoms with van der Waals surface area (Å²) in [6, 6.07) is 7.31. The van der Waals surface area contributed by atoms with Crippen molar-refractivity contribution in [3.05, 3.63) is 40.2 Å². The number of hydrogen-bond acceptors (Lipinski definition) is 8. The molecule has 0 saturated heterocycles. The smallest absolute Gasteiger partial charge is 0.278 e. The number of hydrogen-bond donors (Lipinski definition) is 4. The number of H-pyrrole nitrogens is 1. The fraction of sp³-hybridized carbons (Fsp3) is 0.312. The third kappa shape index (κ3) is 3.27. The summed E-state index contributed by atoms with van der Waals surface area (Å²) in [5.74, 6) is 0.426. The summed E-state index contributed by atoms with van der Waals surface area (Å²) in [7, 11) is 3.78. The number of carbonyl (C=O) groups excluding carboxylic acids is 1. The van der Waals surface area contributed by atoms with Gasteiger partial charge in [-0.25, -0.2) is 0 Å². The molecule has 0 radical (unpaired) electrons. The van der Waals surface area contributed by atoms with Gasteiger partial charge in [-0.1, -0.05) is 11.9 Å². The van der Waals surface area contributed by atoms with Crippen LogP contribution >= 0.6 is 11.9 Å². The van der Waals surface area contributed by atoms with Crippen LogP contribution in [0.2, 0.25) is 0 Å². The Morgan fingerprint density at radius 2 is 2.12 bits per heavy atom. The van der Waals surface area contributed by atoms with Crippen LogP contribution in [0.25, 0.3) is 0 Å². The summed E-state index contributed by atoms with van der Waals surface area (Å²) in [5, 5.41) is 3.16. The van der Waals surface area contributed by atoms with Crippen molar-refractivity contribution in [3.63, 3.8) is 0 Å². The molecule has 0 bridgehead atoms. The van der Waals surface area contributed by atoms with Gasteiger partial charge in [-0.15, -0.1) is 0 Å². The fourth-order valence-electron chi connectivity index (χ4n) is 2.98. The molecule has 1 aromatic heterocycles. The number of aromatic nitrogens is 2. The molecule has 1 aliphatic rings. The average molecular weight is 375 g/mol. The zero-order chi connectivity index (χ0) is 18.8. The Kier molecular flexibility index (Phi) is 4.94. The molecular formula is C16H21N7O2S. The van der Waals surface area contributed by atoms with Crippen molar-refractivity contribution in [3.8, 4) is 0 Å². The quantitative estimate of drug-likeness (QED) is 0.576. The largest absolute Gasteiger partial charge is 0.369 e. The van der Waals surface area contributed by atoms with Crippen molar-refractivity contribution in [1.29, 1.82) is 0 Å². The van der Waals surface area contributed by atoms with Crippen LogP contribution in [0.4, 0.5) is 23.1 Å². The molecular weight excluding hydrogens is 354 g/mol. The highest BCUT2D eigenvalue weighted by Gasteiger charge is 2.30. The van der Waals surface area contributed by atoms with Crippen LogP contribution in [0.5, 0.6) is 0 Å². The van der Waals surface area contributed by atoms with Gasteiger partial charge in [-0.3, -0.25) is 19.3 Å². The van der Waals surface area contributed by atoms with E-state index in [0.717, 1.165) is 5.69 Å². The van der Waals surface area contributed by atoms with Crippen molar-refractivity contribution < 1.29 is 4.79 Å². The Labute approximate surface area is 155 Å². The zero-order valence-electron chi connectivity index (χ0n) is 14.7. The molecule has 2 aromatic rings. The predicted octanol–water partition coefficient (Wildman–Crippen LogP) is 0.684. The van der Waals surface area contributed by atoms with Gasteiger partial charge in [0, 0.05) is 31.6 Å². The first kappa shape index (κ1) is 17.9. The molecule has 5 N–H and O–H groups in total. The lowest BCUT2D eigenvalue weighted by atomic mass is 10.1. The lowest BCUT2D eigenvalue weighted by Gasteiger charge is -2.41. The van der Waals surface area contributed by atoms with E-state index in [0.29, 0.717) is 23.6 Å². The highest BCUT2D eigenvalue weighted by Crippen LogP contribution is 2.28. The monoisotopic (exact) mass is 375 g/mol. The maximum absolute atomic E-state index is 12.3. The Bertz CT molecular complexity index is 868. The van der Waals surface area contributed by atoms with Crippen molar-refractivity contribution in [2.24, 2.45) is 0 Å².